The van der Waals surface area contributed by atoms with E-state index in [1.165, 1.54) is 20.1 Å². The molecule has 0 radical (unpaired) electrons. The van der Waals surface area contributed by atoms with Gasteiger partial charge in [0.05, 0.1) is 57.4 Å². The molecule has 26 nitrogen and oxygen atoms in total. The molecule has 3 amide bonds. The first-order valence-corrected chi connectivity index (χ1v) is 29.1. The van der Waals surface area contributed by atoms with Crippen LogP contribution >= 0.6 is 0 Å². The van der Waals surface area contributed by atoms with Crippen molar-refractivity contribution in [1.82, 2.24) is 25.8 Å². The number of rotatable bonds is 19. The van der Waals surface area contributed by atoms with Crippen LogP contribution in [0.3, 0.4) is 0 Å². The molecule has 0 bridgehead atoms. The lowest BCUT2D eigenvalue weighted by Crippen LogP contribution is -2.61. The predicted molar refractivity (Wildman–Crippen MR) is 305 cm³/mol. The monoisotopic (exact) mass is 1230 g/mol. The van der Waals surface area contributed by atoms with E-state index < -0.39 is 153 Å². The summed E-state index contributed by atoms with van der Waals surface area (Å²) in [5.74, 6) is -6.42. The molecule has 484 valence electrons. The van der Waals surface area contributed by atoms with Gasteiger partial charge in [-0.05, 0) is 125 Å². The minimum atomic E-state index is -2.10. The summed E-state index contributed by atoms with van der Waals surface area (Å²) in [6.07, 6.45) is -12.1. The molecule has 0 aliphatic carbocycles. The number of hydrogen-bond donors (Lipinski definition) is 6. The van der Waals surface area contributed by atoms with Crippen molar-refractivity contribution in [3.8, 4) is 0 Å². The second kappa shape index (κ2) is 30.4. The fourth-order valence-corrected chi connectivity index (χ4v) is 12.0. The fourth-order valence-electron chi connectivity index (χ4n) is 12.0. The number of alkyl carbamates (subject to hydrolysis) is 2. The molecule has 3 heterocycles. The van der Waals surface area contributed by atoms with Crippen LogP contribution in [0.15, 0.2) is 36.4 Å². The molecule has 28 heteroatoms. The van der Waals surface area contributed by atoms with Crippen molar-refractivity contribution in [3.63, 3.8) is 0 Å². The average molecular weight is 1230 g/mol. The quantitative estimate of drug-likeness (QED) is 0.0315. The molecule has 18 atom stereocenters. The number of halogens is 2. The number of esters is 1. The highest BCUT2D eigenvalue weighted by atomic mass is 19.2. The Hall–Kier alpha value is -5.82. The molecule has 0 unspecified atom stereocenters. The van der Waals surface area contributed by atoms with Crippen molar-refractivity contribution >= 4 is 35.4 Å². The minimum Gasteiger partial charge on any atom is -0.459 e. The third-order valence-corrected chi connectivity index (χ3v) is 16.8. The highest BCUT2D eigenvalue weighted by molar-refractivity contribution is 5.95. The molecule has 5 rings (SSSR count). The molecule has 3 aliphatic rings. The second-order valence-electron chi connectivity index (χ2n) is 24.2. The molecule has 3 saturated heterocycles. The number of non-ortho nitro benzene ring substituents is 2. The number of benzene rings is 2. The van der Waals surface area contributed by atoms with Crippen LogP contribution in [0.4, 0.5) is 29.7 Å². The number of nitro benzene ring substituents is 2. The van der Waals surface area contributed by atoms with Crippen LogP contribution in [0.5, 0.6) is 0 Å². The number of methoxy groups -OCH3 is 1. The van der Waals surface area contributed by atoms with E-state index in [9.17, 15) is 63.5 Å². The van der Waals surface area contributed by atoms with Crippen molar-refractivity contribution in [3.05, 3.63) is 79.4 Å². The molecule has 6 N–H and O–H groups in total. The molecule has 2 aromatic rings. The zero-order valence-corrected chi connectivity index (χ0v) is 51.6. The van der Waals surface area contributed by atoms with Gasteiger partial charge < -0.3 is 74.1 Å². The van der Waals surface area contributed by atoms with Gasteiger partial charge in [0.1, 0.15) is 23.4 Å². The Morgan fingerprint density at radius 1 is 0.837 bits per heavy atom. The number of likely N-dealkylation sites (N-methyl/N-ethyl adjacent to an activating group) is 2. The van der Waals surface area contributed by atoms with E-state index in [2.05, 4.69) is 16.0 Å². The van der Waals surface area contributed by atoms with E-state index in [4.69, 9.17) is 37.9 Å². The van der Waals surface area contributed by atoms with E-state index >= 15 is 0 Å². The Labute approximate surface area is 500 Å². The third-order valence-electron chi connectivity index (χ3n) is 16.8. The zero-order valence-electron chi connectivity index (χ0n) is 51.6. The Bertz CT molecular complexity index is 2630. The van der Waals surface area contributed by atoms with Gasteiger partial charge in [-0.1, -0.05) is 26.8 Å². The minimum absolute atomic E-state index is 0.0156. The van der Waals surface area contributed by atoms with Gasteiger partial charge in [0.25, 0.3) is 17.3 Å². The highest BCUT2D eigenvalue weighted by Crippen LogP contribution is 2.41. The number of nitrogens with one attached hydrogen (secondary N) is 3. The standard InChI is InChI=1S/C58H89F2N7O19/c1-15-44-58(10,74)49(85-55(72)63-29-37-18-19-41(59)42(60)23-37)35(6)65(13)30-31(2)27-56(8,73)48(84-53-46(68)43(64(11)12)22-32(3)80-53)33(4)47(34(5)52(70)82-44)83-45-28-57(9,79-14)50(36(7)81-45)86-54(71)62-21-17-16-20-61-51(69)38-24-39(66(75)76)26-40(25-38)67(77)78/h18-19,23-26,31-36,43-50,53,68,73-74H,15-17,20-22,27-30H2,1-14H3,(H,61,69)(H,62,71)(H,63,72)/t31-,32-,33+,34-,35-,36+,43+,44-,45+,46-,47+,48-,49-,50+,53+,56-,57-,58-/m1/s1. The summed E-state index contributed by atoms with van der Waals surface area (Å²) in [5.41, 5.74) is -6.45. The molecule has 86 heavy (non-hydrogen) atoms. The van der Waals surface area contributed by atoms with Gasteiger partial charge in [-0.25, -0.2) is 18.4 Å². The van der Waals surface area contributed by atoms with Crippen LogP contribution in [0.1, 0.15) is 124 Å². The maximum atomic E-state index is 15.0. The lowest BCUT2D eigenvalue weighted by atomic mass is 9.77. The molecule has 0 spiro atoms. The van der Waals surface area contributed by atoms with E-state index in [1.807, 2.05) is 37.7 Å². The van der Waals surface area contributed by atoms with Gasteiger partial charge in [-0.2, -0.15) is 0 Å². The summed E-state index contributed by atoms with van der Waals surface area (Å²) in [4.78, 5) is 79.3. The van der Waals surface area contributed by atoms with Gasteiger partial charge in [0, 0.05) is 69.8 Å². The van der Waals surface area contributed by atoms with Crippen LogP contribution in [-0.4, -0.2) is 197 Å². The number of nitro groups is 2. The molecule has 3 fully saturated rings. The topological polar surface area (TPSA) is 332 Å². The average Bonchev–Trinajstić information content (AvgIpc) is 1.26. The van der Waals surface area contributed by atoms with Crippen molar-refractivity contribution in [1.29, 1.82) is 0 Å². The van der Waals surface area contributed by atoms with Crippen LogP contribution in [-0.2, 0) is 49.2 Å². The molecule has 2 aromatic carbocycles. The van der Waals surface area contributed by atoms with Crippen molar-refractivity contribution in [2.45, 2.75) is 205 Å². The van der Waals surface area contributed by atoms with Crippen molar-refractivity contribution < 1.29 is 91.0 Å². The maximum absolute atomic E-state index is 15.0. The molecule has 3 aliphatic heterocycles. The zero-order chi connectivity index (χ0) is 64.3. The summed E-state index contributed by atoms with van der Waals surface area (Å²) in [5, 5.41) is 67.8. The second-order valence-corrected chi connectivity index (χ2v) is 24.2. The molecular formula is C58H89F2N7O19. The number of ether oxygens (including phenoxy) is 8. The van der Waals surface area contributed by atoms with E-state index in [-0.39, 0.29) is 68.6 Å². The van der Waals surface area contributed by atoms with Gasteiger partial charge in [-0.15, -0.1) is 0 Å². The number of unbranched alkanes of at least 4 members (excludes halogenated alkanes) is 1. The van der Waals surface area contributed by atoms with Crippen LogP contribution < -0.4 is 16.0 Å². The van der Waals surface area contributed by atoms with Crippen LogP contribution in [0, 0.1) is 49.6 Å². The van der Waals surface area contributed by atoms with Gasteiger partial charge >= 0.3 is 18.2 Å². The lowest BCUT2D eigenvalue weighted by molar-refractivity contribution is -0.394. The Morgan fingerprint density at radius 2 is 1.44 bits per heavy atom. The highest BCUT2D eigenvalue weighted by Gasteiger charge is 2.54. The molecule has 0 saturated carbocycles. The summed E-state index contributed by atoms with van der Waals surface area (Å²) < 4.78 is 78.6. The maximum Gasteiger partial charge on any atom is 0.407 e. The predicted octanol–water partition coefficient (Wildman–Crippen LogP) is 5.87. The smallest absolute Gasteiger partial charge is 0.407 e. The fraction of sp³-hybridized carbons (Fsp3) is 0.724. The van der Waals surface area contributed by atoms with Crippen LogP contribution in [0.2, 0.25) is 0 Å². The third kappa shape index (κ3) is 18.2. The first-order valence-electron chi connectivity index (χ1n) is 29.1. The van der Waals surface area contributed by atoms with Crippen molar-refractivity contribution in [2.75, 3.05) is 47.9 Å². The number of aliphatic hydroxyl groups excluding tert-OH is 1. The Kier molecular flexibility index (Phi) is 25.1. The number of nitrogens with zero attached hydrogens (tertiary/aromatic N) is 4. The van der Waals surface area contributed by atoms with E-state index in [0.717, 1.165) is 30.3 Å². The number of cyclic esters (lactones) is 1. The lowest BCUT2D eigenvalue weighted by Gasteiger charge is -2.49. The number of carbonyl (C=O) groups excluding carboxylic acids is 4. The summed E-state index contributed by atoms with van der Waals surface area (Å²) >= 11 is 0. The Balaban J connectivity index is 1.40. The van der Waals surface area contributed by atoms with E-state index in [0.29, 0.717) is 19.3 Å². The first-order chi connectivity index (χ1) is 40.1. The normalized spacial score (nSPS) is 34.2. The summed E-state index contributed by atoms with van der Waals surface area (Å²) in [6, 6.07) is 4.55. The van der Waals surface area contributed by atoms with E-state index in [1.54, 1.807) is 55.5 Å². The molecular weight excluding hydrogens is 1140 g/mol. The van der Waals surface area contributed by atoms with Gasteiger partial charge in [0.2, 0.25) is 0 Å². The van der Waals surface area contributed by atoms with Crippen LogP contribution in [0.25, 0.3) is 0 Å². The Morgan fingerprint density at radius 3 is 2.02 bits per heavy atom. The molecule has 0 aromatic heterocycles. The van der Waals surface area contributed by atoms with Gasteiger partial charge in [-0.3, -0.25) is 34.7 Å². The SMILES string of the molecule is CC[C@H]1OC(=O)[C@H](C)[C@@H](O[C@H]2C[C@@](C)(OC)[C@@H](OC(=O)NCCCCNC(=O)c3cc([N+](=O)[O-])cc([N+](=O)[O-])c3)[C@H](C)O2)[C@H](C)[C@@H](O[C@@H]2O[C@H](C)C[C@H](N(C)C)[C@H]2O)[C@](C)(O)C[C@@H](C)CN(C)[C@H](C)[C@@H](OC(=O)NCc2ccc(F)c(F)c2)[C@]1(C)O. The first kappa shape index (κ1) is 70.9. The number of carbonyl (C=O) groups is 4. The number of amides is 3. The number of hydrogen-bond acceptors (Lipinski definition) is 21. The van der Waals surface area contributed by atoms with Gasteiger partial charge in [0.15, 0.2) is 36.4 Å². The summed E-state index contributed by atoms with van der Waals surface area (Å²) in [7, 11) is 6.81. The van der Waals surface area contributed by atoms with Crippen molar-refractivity contribution in [2.24, 2.45) is 17.8 Å². The number of aliphatic hydroxyl groups is 3. The summed E-state index contributed by atoms with van der Waals surface area (Å²) in [6.45, 7) is 16.8. The largest absolute Gasteiger partial charge is 0.459 e.